The largest absolute Gasteiger partial charge is 0.309 e. The average Bonchev–Trinajstić information content (AvgIpc) is 2.76. The molecule has 0 aliphatic carbocycles. The molecule has 88 valence electrons. The zero-order valence-electron chi connectivity index (χ0n) is 8.95. The van der Waals surface area contributed by atoms with Gasteiger partial charge in [0.1, 0.15) is 5.82 Å². The van der Waals surface area contributed by atoms with E-state index in [1.165, 1.54) is 0 Å². The summed E-state index contributed by atoms with van der Waals surface area (Å²) in [6.45, 7) is 2.64. The molecule has 0 amide bonds. The fourth-order valence-corrected chi connectivity index (χ4v) is 2.46. The summed E-state index contributed by atoms with van der Waals surface area (Å²) < 4.78 is 3.20. The highest BCUT2D eigenvalue weighted by Gasteiger charge is 2.16. The highest BCUT2D eigenvalue weighted by molar-refractivity contribution is 14.1. The summed E-state index contributed by atoms with van der Waals surface area (Å²) in [6.07, 6.45) is 0. The Labute approximate surface area is 118 Å². The molecule has 0 spiro atoms. The first kappa shape index (κ1) is 11.4. The van der Waals surface area contributed by atoms with Gasteiger partial charge in [0.25, 0.3) is 0 Å². The second kappa shape index (κ2) is 4.55. The van der Waals surface area contributed by atoms with Gasteiger partial charge >= 0.3 is 0 Å². The van der Waals surface area contributed by atoms with Crippen molar-refractivity contribution in [2.45, 2.75) is 13.1 Å². The molecule has 0 bridgehead atoms. The molecule has 0 atom stereocenters. The second-order valence-corrected chi connectivity index (χ2v) is 5.47. The van der Waals surface area contributed by atoms with Crippen molar-refractivity contribution in [2.75, 3.05) is 6.54 Å². The fraction of sp³-hybridized carbons (Fsp3) is 0.273. The SMILES string of the molecule is Clc1cc(-c2nnc3n2CCNC3)ccc1I. The number of rotatable bonds is 1. The van der Waals surface area contributed by atoms with Crippen molar-refractivity contribution in [1.82, 2.24) is 20.1 Å². The number of hydrogen-bond donors (Lipinski definition) is 1. The van der Waals surface area contributed by atoms with Crippen LogP contribution < -0.4 is 5.32 Å². The summed E-state index contributed by atoms with van der Waals surface area (Å²) in [5.74, 6) is 1.89. The van der Waals surface area contributed by atoms with Crippen molar-refractivity contribution in [3.63, 3.8) is 0 Å². The Balaban J connectivity index is 2.09. The average molecular weight is 361 g/mol. The van der Waals surface area contributed by atoms with Crippen molar-refractivity contribution in [2.24, 2.45) is 0 Å². The molecule has 2 heterocycles. The molecule has 17 heavy (non-hydrogen) atoms. The Kier molecular flexibility index (Phi) is 3.06. The van der Waals surface area contributed by atoms with Gasteiger partial charge in [-0.05, 0) is 34.7 Å². The van der Waals surface area contributed by atoms with Gasteiger partial charge in [0.05, 0.1) is 11.6 Å². The summed E-state index contributed by atoms with van der Waals surface area (Å²) >= 11 is 8.35. The summed E-state index contributed by atoms with van der Waals surface area (Å²) in [5.41, 5.74) is 1.02. The fourth-order valence-electron chi connectivity index (χ4n) is 1.94. The van der Waals surface area contributed by atoms with Crippen LogP contribution in [0.4, 0.5) is 0 Å². The number of nitrogens with zero attached hydrogens (tertiary/aromatic N) is 3. The lowest BCUT2D eigenvalue weighted by molar-refractivity contribution is 0.508. The Morgan fingerprint density at radius 3 is 3.06 bits per heavy atom. The normalized spacial score (nSPS) is 14.7. The van der Waals surface area contributed by atoms with Gasteiger partial charge in [0.2, 0.25) is 0 Å². The highest BCUT2D eigenvalue weighted by Crippen LogP contribution is 2.26. The zero-order valence-corrected chi connectivity index (χ0v) is 11.9. The first-order valence-corrected chi connectivity index (χ1v) is 6.79. The minimum Gasteiger partial charge on any atom is -0.309 e. The van der Waals surface area contributed by atoms with E-state index < -0.39 is 0 Å². The number of aromatic nitrogens is 3. The lowest BCUT2D eigenvalue weighted by atomic mass is 10.2. The molecule has 2 aromatic rings. The van der Waals surface area contributed by atoms with E-state index in [1.807, 2.05) is 18.2 Å². The van der Waals surface area contributed by atoms with Crippen LogP contribution in [0.25, 0.3) is 11.4 Å². The van der Waals surface area contributed by atoms with Gasteiger partial charge in [-0.1, -0.05) is 17.7 Å². The van der Waals surface area contributed by atoms with Crippen LogP contribution in [0.1, 0.15) is 5.82 Å². The van der Waals surface area contributed by atoms with Crippen molar-refractivity contribution < 1.29 is 0 Å². The molecule has 0 saturated carbocycles. The Hall–Kier alpha value is -0.660. The van der Waals surface area contributed by atoms with Crippen LogP contribution >= 0.6 is 34.2 Å². The molecule has 1 aromatic carbocycles. The van der Waals surface area contributed by atoms with E-state index in [-0.39, 0.29) is 0 Å². The molecule has 1 aliphatic rings. The Bertz CT molecular complexity index is 567. The van der Waals surface area contributed by atoms with Crippen LogP contribution in [-0.4, -0.2) is 21.3 Å². The smallest absolute Gasteiger partial charge is 0.164 e. The summed E-state index contributed by atoms with van der Waals surface area (Å²) in [6, 6.07) is 5.98. The summed E-state index contributed by atoms with van der Waals surface area (Å²) in [7, 11) is 0. The minimum absolute atomic E-state index is 0.759. The van der Waals surface area contributed by atoms with Gasteiger partial charge in [-0.15, -0.1) is 10.2 Å². The molecular weight excluding hydrogens is 351 g/mol. The molecule has 1 aromatic heterocycles. The van der Waals surface area contributed by atoms with Gasteiger partial charge in [0.15, 0.2) is 5.82 Å². The standard InChI is InChI=1S/C11H10ClIN4/c12-8-5-7(1-2-9(8)13)11-16-15-10-6-14-3-4-17(10)11/h1-2,5,14H,3-4,6H2. The van der Waals surface area contributed by atoms with E-state index >= 15 is 0 Å². The van der Waals surface area contributed by atoms with Crippen LogP contribution in [0, 0.1) is 3.57 Å². The van der Waals surface area contributed by atoms with E-state index in [9.17, 15) is 0 Å². The zero-order chi connectivity index (χ0) is 11.8. The Morgan fingerprint density at radius 2 is 2.24 bits per heavy atom. The molecular formula is C11H10ClIN4. The number of benzene rings is 1. The van der Waals surface area contributed by atoms with Crippen LogP contribution in [0.2, 0.25) is 5.02 Å². The van der Waals surface area contributed by atoms with Crippen molar-refractivity contribution in [3.8, 4) is 11.4 Å². The van der Waals surface area contributed by atoms with E-state index in [0.717, 1.165) is 45.4 Å². The van der Waals surface area contributed by atoms with Crippen LogP contribution in [-0.2, 0) is 13.1 Å². The predicted octanol–water partition coefficient (Wildman–Crippen LogP) is 2.31. The highest BCUT2D eigenvalue weighted by atomic mass is 127. The third-order valence-electron chi connectivity index (χ3n) is 2.80. The van der Waals surface area contributed by atoms with Crippen LogP contribution in [0.15, 0.2) is 18.2 Å². The second-order valence-electron chi connectivity index (χ2n) is 3.90. The minimum atomic E-state index is 0.759. The van der Waals surface area contributed by atoms with E-state index in [2.05, 4.69) is 42.7 Å². The topological polar surface area (TPSA) is 42.7 Å². The first-order chi connectivity index (χ1) is 8.25. The molecule has 1 aliphatic heterocycles. The Morgan fingerprint density at radius 1 is 1.35 bits per heavy atom. The van der Waals surface area contributed by atoms with Gasteiger partial charge in [-0.25, -0.2) is 0 Å². The lowest BCUT2D eigenvalue weighted by Gasteiger charge is -2.16. The van der Waals surface area contributed by atoms with E-state index in [4.69, 9.17) is 11.6 Å². The van der Waals surface area contributed by atoms with Gasteiger partial charge < -0.3 is 9.88 Å². The maximum Gasteiger partial charge on any atom is 0.164 e. The molecule has 1 N–H and O–H groups in total. The van der Waals surface area contributed by atoms with Crippen molar-refractivity contribution in [1.29, 1.82) is 0 Å². The molecule has 0 fully saturated rings. The number of hydrogen-bond acceptors (Lipinski definition) is 3. The maximum atomic E-state index is 6.14. The molecule has 0 unspecified atom stereocenters. The summed E-state index contributed by atoms with van der Waals surface area (Å²) in [4.78, 5) is 0. The first-order valence-electron chi connectivity index (χ1n) is 5.34. The lowest BCUT2D eigenvalue weighted by Crippen LogP contribution is -2.28. The third-order valence-corrected chi connectivity index (χ3v) is 4.37. The molecule has 3 rings (SSSR count). The number of halogens is 2. The van der Waals surface area contributed by atoms with Crippen molar-refractivity contribution in [3.05, 3.63) is 32.6 Å². The molecule has 6 heteroatoms. The molecule has 4 nitrogen and oxygen atoms in total. The van der Waals surface area contributed by atoms with Crippen LogP contribution in [0.5, 0.6) is 0 Å². The quantitative estimate of drug-likeness (QED) is 0.794. The number of fused-ring (bicyclic) bond motifs is 1. The van der Waals surface area contributed by atoms with E-state index in [0.29, 0.717) is 0 Å². The molecule has 0 saturated heterocycles. The number of nitrogens with one attached hydrogen (secondary N) is 1. The van der Waals surface area contributed by atoms with Crippen molar-refractivity contribution >= 4 is 34.2 Å². The van der Waals surface area contributed by atoms with Gasteiger partial charge in [-0.3, -0.25) is 0 Å². The molecule has 0 radical (unpaired) electrons. The maximum absolute atomic E-state index is 6.14. The van der Waals surface area contributed by atoms with E-state index in [1.54, 1.807) is 0 Å². The predicted molar refractivity (Wildman–Crippen MR) is 74.9 cm³/mol. The van der Waals surface area contributed by atoms with Gasteiger partial charge in [-0.2, -0.15) is 0 Å². The third kappa shape index (κ3) is 2.07. The monoisotopic (exact) mass is 360 g/mol. The van der Waals surface area contributed by atoms with Gasteiger partial charge in [0, 0.05) is 22.2 Å². The van der Waals surface area contributed by atoms with Crippen LogP contribution in [0.3, 0.4) is 0 Å². The summed E-state index contributed by atoms with van der Waals surface area (Å²) in [5, 5.41) is 12.5.